The zero-order chi connectivity index (χ0) is 19.9. The van der Waals surface area contributed by atoms with Crippen molar-refractivity contribution in [2.24, 2.45) is 0 Å². The van der Waals surface area contributed by atoms with E-state index in [1.807, 2.05) is 12.3 Å². The van der Waals surface area contributed by atoms with Gasteiger partial charge in [-0.1, -0.05) is 0 Å². The van der Waals surface area contributed by atoms with Crippen molar-refractivity contribution >= 4 is 23.1 Å². The minimum absolute atomic E-state index is 0.283. The number of carbonyl (C=O) groups excluding carboxylic acids is 2. The second-order valence-electron chi connectivity index (χ2n) is 5.90. The summed E-state index contributed by atoms with van der Waals surface area (Å²) in [5.41, 5.74) is 1.66. The van der Waals surface area contributed by atoms with Crippen LogP contribution in [0.2, 0.25) is 0 Å². The SMILES string of the molecule is COc1ccc(C(=O)COC(=O)c2ccc(OCc3csc(C)n3)cc2)cc1. The van der Waals surface area contributed by atoms with Crippen molar-refractivity contribution in [1.82, 2.24) is 4.98 Å². The molecule has 0 spiro atoms. The van der Waals surface area contributed by atoms with Gasteiger partial charge in [-0.15, -0.1) is 11.3 Å². The molecule has 144 valence electrons. The first-order chi connectivity index (χ1) is 13.5. The molecule has 0 aliphatic heterocycles. The number of rotatable bonds is 8. The highest BCUT2D eigenvalue weighted by Crippen LogP contribution is 2.16. The summed E-state index contributed by atoms with van der Waals surface area (Å²) in [6, 6.07) is 13.2. The van der Waals surface area contributed by atoms with Crippen molar-refractivity contribution < 1.29 is 23.8 Å². The summed E-state index contributed by atoms with van der Waals surface area (Å²) in [7, 11) is 1.55. The van der Waals surface area contributed by atoms with Gasteiger partial charge < -0.3 is 14.2 Å². The van der Waals surface area contributed by atoms with Gasteiger partial charge in [0.15, 0.2) is 12.4 Å². The number of esters is 1. The molecular weight excluding hydrogens is 378 g/mol. The molecule has 0 saturated heterocycles. The van der Waals surface area contributed by atoms with Gasteiger partial charge in [0, 0.05) is 10.9 Å². The van der Waals surface area contributed by atoms with Crippen LogP contribution < -0.4 is 9.47 Å². The monoisotopic (exact) mass is 397 g/mol. The van der Waals surface area contributed by atoms with Gasteiger partial charge in [0.1, 0.15) is 18.1 Å². The van der Waals surface area contributed by atoms with Gasteiger partial charge >= 0.3 is 5.97 Å². The Morgan fingerprint density at radius 1 is 0.964 bits per heavy atom. The maximum absolute atomic E-state index is 12.1. The van der Waals surface area contributed by atoms with Crippen LogP contribution in [0.5, 0.6) is 11.5 Å². The Morgan fingerprint density at radius 2 is 1.61 bits per heavy atom. The standard InChI is InChI=1S/C21H19NO5S/c1-14-22-17(13-28-14)11-26-19-9-5-16(6-10-19)21(24)27-12-20(23)15-3-7-18(25-2)8-4-15/h3-10,13H,11-12H2,1-2H3. The molecule has 0 N–H and O–H groups in total. The molecule has 0 aliphatic rings. The van der Waals surface area contributed by atoms with E-state index < -0.39 is 5.97 Å². The molecule has 0 unspecified atom stereocenters. The summed E-state index contributed by atoms with van der Waals surface area (Å²) >= 11 is 1.57. The van der Waals surface area contributed by atoms with Crippen LogP contribution in [-0.2, 0) is 11.3 Å². The first-order valence-corrected chi connectivity index (χ1v) is 9.41. The minimum Gasteiger partial charge on any atom is -0.497 e. The van der Waals surface area contributed by atoms with E-state index in [9.17, 15) is 9.59 Å². The largest absolute Gasteiger partial charge is 0.497 e. The van der Waals surface area contributed by atoms with E-state index in [4.69, 9.17) is 14.2 Å². The van der Waals surface area contributed by atoms with Gasteiger partial charge in [0.25, 0.3) is 0 Å². The second kappa shape index (κ2) is 9.14. The van der Waals surface area contributed by atoms with Crippen LogP contribution in [0.4, 0.5) is 0 Å². The number of Topliss-reactive ketones (excluding diaryl/α,β-unsaturated/α-hetero) is 1. The number of thiazole rings is 1. The van der Waals surface area contributed by atoms with Gasteiger partial charge in [0.05, 0.1) is 23.4 Å². The van der Waals surface area contributed by atoms with E-state index >= 15 is 0 Å². The molecule has 7 heteroatoms. The number of carbonyl (C=O) groups is 2. The van der Waals surface area contributed by atoms with E-state index in [0.717, 1.165) is 10.7 Å². The summed E-state index contributed by atoms with van der Waals surface area (Å²) in [5.74, 6) is 0.426. The van der Waals surface area contributed by atoms with Crippen molar-refractivity contribution in [3.8, 4) is 11.5 Å². The van der Waals surface area contributed by atoms with Crippen LogP contribution in [0.25, 0.3) is 0 Å². The van der Waals surface area contributed by atoms with Crippen molar-refractivity contribution in [1.29, 1.82) is 0 Å². The Bertz CT molecular complexity index is 948. The predicted octanol–water partition coefficient (Wildman–Crippen LogP) is 4.08. The van der Waals surface area contributed by atoms with Crippen molar-refractivity contribution in [2.75, 3.05) is 13.7 Å². The number of nitrogens with zero attached hydrogens (tertiary/aromatic N) is 1. The molecule has 2 aromatic carbocycles. The summed E-state index contributed by atoms with van der Waals surface area (Å²) in [6.07, 6.45) is 0. The molecule has 0 fully saturated rings. The third-order valence-corrected chi connectivity index (χ3v) is 4.71. The maximum Gasteiger partial charge on any atom is 0.338 e. The summed E-state index contributed by atoms with van der Waals surface area (Å²) in [5, 5.41) is 2.93. The predicted molar refractivity (Wildman–Crippen MR) is 105 cm³/mol. The number of methoxy groups -OCH3 is 1. The zero-order valence-corrected chi connectivity index (χ0v) is 16.3. The minimum atomic E-state index is -0.566. The molecular formula is C21H19NO5S. The Kier molecular flexibility index (Phi) is 6.39. The number of ketones is 1. The lowest BCUT2D eigenvalue weighted by molar-refractivity contribution is 0.0474. The molecule has 0 aliphatic carbocycles. The zero-order valence-electron chi connectivity index (χ0n) is 15.5. The van der Waals surface area contributed by atoms with Gasteiger partial charge in [-0.3, -0.25) is 4.79 Å². The molecule has 3 aromatic rings. The number of hydrogen-bond donors (Lipinski definition) is 0. The topological polar surface area (TPSA) is 74.7 Å². The van der Waals surface area contributed by atoms with Crippen LogP contribution in [0, 0.1) is 6.92 Å². The first kappa shape index (κ1) is 19.6. The van der Waals surface area contributed by atoms with E-state index in [1.165, 1.54) is 0 Å². The normalized spacial score (nSPS) is 10.4. The molecule has 0 atom stereocenters. The van der Waals surface area contributed by atoms with Gasteiger partial charge in [-0.05, 0) is 55.5 Å². The van der Waals surface area contributed by atoms with E-state index in [2.05, 4.69) is 4.98 Å². The lowest BCUT2D eigenvalue weighted by atomic mass is 10.1. The quantitative estimate of drug-likeness (QED) is 0.421. The van der Waals surface area contributed by atoms with Crippen molar-refractivity contribution in [3.63, 3.8) is 0 Å². The number of aryl methyl sites for hydroxylation is 1. The molecule has 28 heavy (non-hydrogen) atoms. The fourth-order valence-corrected chi connectivity index (χ4v) is 2.99. The lowest BCUT2D eigenvalue weighted by Gasteiger charge is -2.07. The van der Waals surface area contributed by atoms with Crippen LogP contribution in [0.1, 0.15) is 31.4 Å². The Labute approximate surface area is 166 Å². The van der Waals surface area contributed by atoms with Gasteiger partial charge in [0.2, 0.25) is 0 Å². The van der Waals surface area contributed by atoms with Crippen molar-refractivity contribution in [3.05, 3.63) is 75.7 Å². The average molecular weight is 397 g/mol. The second-order valence-corrected chi connectivity index (χ2v) is 6.96. The van der Waals surface area contributed by atoms with Crippen LogP contribution in [-0.4, -0.2) is 30.5 Å². The number of hydrogen-bond acceptors (Lipinski definition) is 7. The fourth-order valence-electron chi connectivity index (χ4n) is 2.39. The molecule has 1 heterocycles. The summed E-state index contributed by atoms with van der Waals surface area (Å²) in [6.45, 7) is 1.98. The van der Waals surface area contributed by atoms with Gasteiger partial charge in [-0.2, -0.15) is 0 Å². The molecule has 0 bridgehead atoms. The Hall–Kier alpha value is -3.19. The number of benzene rings is 2. The van der Waals surface area contributed by atoms with E-state index in [-0.39, 0.29) is 12.4 Å². The molecule has 1 aromatic heterocycles. The lowest BCUT2D eigenvalue weighted by Crippen LogP contribution is -2.14. The van der Waals surface area contributed by atoms with E-state index in [1.54, 1.807) is 67.0 Å². The van der Waals surface area contributed by atoms with Crippen LogP contribution in [0.3, 0.4) is 0 Å². The fraction of sp³-hybridized carbons (Fsp3) is 0.190. The third-order valence-electron chi connectivity index (χ3n) is 3.89. The van der Waals surface area contributed by atoms with E-state index in [0.29, 0.717) is 29.2 Å². The smallest absolute Gasteiger partial charge is 0.338 e. The maximum atomic E-state index is 12.1. The number of aromatic nitrogens is 1. The molecule has 6 nitrogen and oxygen atoms in total. The average Bonchev–Trinajstić information content (AvgIpc) is 3.16. The molecule has 0 saturated carbocycles. The van der Waals surface area contributed by atoms with Crippen LogP contribution in [0.15, 0.2) is 53.9 Å². The van der Waals surface area contributed by atoms with Crippen molar-refractivity contribution in [2.45, 2.75) is 13.5 Å². The van der Waals surface area contributed by atoms with Gasteiger partial charge in [-0.25, -0.2) is 9.78 Å². The van der Waals surface area contributed by atoms with Crippen LogP contribution >= 0.6 is 11.3 Å². The highest BCUT2D eigenvalue weighted by molar-refractivity contribution is 7.09. The molecule has 3 rings (SSSR count). The Balaban J connectivity index is 1.50. The first-order valence-electron chi connectivity index (χ1n) is 8.53. The highest BCUT2D eigenvalue weighted by atomic mass is 32.1. The third kappa shape index (κ3) is 5.17. The summed E-state index contributed by atoms with van der Waals surface area (Å²) in [4.78, 5) is 28.6. The molecule has 0 radical (unpaired) electrons. The molecule has 0 amide bonds. The highest BCUT2D eigenvalue weighted by Gasteiger charge is 2.12. The summed E-state index contributed by atoms with van der Waals surface area (Å²) < 4.78 is 15.8. The Morgan fingerprint density at radius 3 is 2.21 bits per heavy atom. The number of ether oxygens (including phenoxy) is 3.